The maximum atomic E-state index is 12.4. The molecular weight excluding hydrogens is 534 g/mol. The predicted octanol–water partition coefficient (Wildman–Crippen LogP) is 3.78. The molecule has 0 aromatic carbocycles. The number of amides is 1. The van der Waals surface area contributed by atoms with E-state index in [2.05, 4.69) is 66.7 Å². The van der Waals surface area contributed by atoms with E-state index in [-0.39, 0.29) is 11.9 Å². The number of nitrogens with one attached hydrogen (secondary N) is 6. The van der Waals surface area contributed by atoms with Crippen LogP contribution in [0.15, 0.2) is 0 Å². The highest BCUT2D eigenvalue weighted by Gasteiger charge is 2.60. The van der Waals surface area contributed by atoms with Gasteiger partial charge >= 0.3 is 0 Å². The van der Waals surface area contributed by atoms with Gasteiger partial charge in [-0.25, -0.2) is 0 Å². The summed E-state index contributed by atoms with van der Waals surface area (Å²) in [6.07, 6.45) is 14.3. The summed E-state index contributed by atoms with van der Waals surface area (Å²) in [5.74, 6) is 5.27. The maximum Gasteiger partial charge on any atom is 0.220 e. The Balaban J connectivity index is 1.16. The number of rotatable bonds is 18. The van der Waals surface area contributed by atoms with Crippen molar-refractivity contribution >= 4 is 5.91 Å². The van der Waals surface area contributed by atoms with Crippen LogP contribution in [-0.2, 0) is 4.79 Å². The Morgan fingerprint density at radius 3 is 2.14 bits per heavy atom. The van der Waals surface area contributed by atoms with Crippen molar-refractivity contribution < 1.29 is 4.79 Å². The largest absolute Gasteiger partial charge is 0.354 e. The maximum absolute atomic E-state index is 12.4. The van der Waals surface area contributed by atoms with Gasteiger partial charge in [0.05, 0.1) is 0 Å². The molecule has 0 aliphatic heterocycles. The number of hydrogen-bond donors (Lipinski definition) is 7. The molecule has 0 radical (unpaired) electrons. The Hall–Kier alpha value is -0.770. The molecule has 4 fully saturated rings. The van der Waals surface area contributed by atoms with Gasteiger partial charge in [0.25, 0.3) is 0 Å². The summed E-state index contributed by atoms with van der Waals surface area (Å²) in [4.78, 5) is 12.4. The normalized spacial score (nSPS) is 36.2. The molecule has 0 saturated heterocycles. The van der Waals surface area contributed by atoms with Crippen LogP contribution in [0.1, 0.15) is 105 Å². The number of hydrazine groups is 1. The topological polar surface area (TPSA) is 115 Å². The molecule has 0 spiro atoms. The first-order valence-electron chi connectivity index (χ1n) is 18.3. The fourth-order valence-electron chi connectivity index (χ4n) is 10.5. The molecule has 0 aromatic heterocycles. The van der Waals surface area contributed by atoms with E-state index >= 15 is 0 Å². The van der Waals surface area contributed by atoms with Crippen LogP contribution in [0.2, 0.25) is 0 Å². The van der Waals surface area contributed by atoms with Crippen molar-refractivity contribution in [3.63, 3.8) is 0 Å². The van der Waals surface area contributed by atoms with E-state index < -0.39 is 0 Å². The molecule has 4 aliphatic carbocycles. The van der Waals surface area contributed by atoms with Gasteiger partial charge in [0, 0.05) is 70.9 Å². The molecule has 8 nitrogen and oxygen atoms in total. The molecule has 9 atom stereocenters. The Morgan fingerprint density at radius 1 is 0.791 bits per heavy atom. The summed E-state index contributed by atoms with van der Waals surface area (Å²) in [6.45, 7) is 19.4. The van der Waals surface area contributed by atoms with Gasteiger partial charge in [-0.05, 0) is 124 Å². The molecule has 8 heteroatoms. The van der Waals surface area contributed by atoms with Gasteiger partial charge in [0.1, 0.15) is 0 Å². The Labute approximate surface area is 264 Å². The lowest BCUT2D eigenvalue weighted by atomic mass is 9.44. The molecule has 4 aliphatic rings. The van der Waals surface area contributed by atoms with Crippen molar-refractivity contribution in [3.05, 3.63) is 0 Å². The zero-order chi connectivity index (χ0) is 30.9. The molecule has 4 unspecified atom stereocenters. The first kappa shape index (κ1) is 35.1. The van der Waals surface area contributed by atoms with Gasteiger partial charge in [0.15, 0.2) is 0 Å². The Bertz CT molecular complexity index is 841. The molecule has 250 valence electrons. The summed E-state index contributed by atoms with van der Waals surface area (Å²) >= 11 is 0. The highest BCUT2D eigenvalue weighted by Crippen LogP contribution is 2.68. The van der Waals surface area contributed by atoms with Crippen LogP contribution >= 0.6 is 0 Å². The minimum atomic E-state index is 0.236. The van der Waals surface area contributed by atoms with Gasteiger partial charge in [-0.15, -0.1) is 0 Å². The summed E-state index contributed by atoms with van der Waals surface area (Å²) in [6, 6.07) is 0.848. The third kappa shape index (κ3) is 8.94. The van der Waals surface area contributed by atoms with Crippen LogP contribution in [0.25, 0.3) is 0 Å². The van der Waals surface area contributed by atoms with Crippen molar-refractivity contribution in [2.24, 2.45) is 52.1 Å². The van der Waals surface area contributed by atoms with Crippen molar-refractivity contribution in [1.82, 2.24) is 32.1 Å². The number of fused-ring (bicyclic) bond motifs is 5. The van der Waals surface area contributed by atoms with Crippen molar-refractivity contribution in [2.75, 3.05) is 52.4 Å². The average Bonchev–Trinajstić information content (AvgIpc) is 3.33. The third-order valence-corrected chi connectivity index (χ3v) is 12.7. The zero-order valence-corrected chi connectivity index (χ0v) is 28.5. The second-order valence-electron chi connectivity index (χ2n) is 15.7. The highest BCUT2D eigenvalue weighted by atomic mass is 16.1. The van der Waals surface area contributed by atoms with Gasteiger partial charge in [-0.2, -0.15) is 0 Å². The van der Waals surface area contributed by atoms with E-state index in [4.69, 9.17) is 5.73 Å². The Kier molecular flexibility index (Phi) is 13.6. The first-order chi connectivity index (χ1) is 20.7. The molecule has 0 bridgehead atoms. The van der Waals surface area contributed by atoms with E-state index in [0.29, 0.717) is 35.8 Å². The standard InChI is InChI=1S/C35H69N7O/c1-25(2)41-33(43)11-6-26(3)30-9-10-31-29-8-7-27-24-28(12-14-34(27,4)32(29)13-15-35(30,31)5)42-40-23-22-39-21-20-38-19-18-37-17-16-36/h25-32,37-40,42H,6-24,36H2,1-5H3,(H,41,43)/t26-,27?,28+,29?,30-,31?,32?,34+,35-/m1/s1. The zero-order valence-electron chi connectivity index (χ0n) is 28.5. The van der Waals surface area contributed by atoms with Crippen LogP contribution in [0.5, 0.6) is 0 Å². The minimum Gasteiger partial charge on any atom is -0.354 e. The lowest BCUT2D eigenvalue weighted by molar-refractivity contribution is -0.123. The monoisotopic (exact) mass is 604 g/mol. The smallest absolute Gasteiger partial charge is 0.220 e. The fraction of sp³-hybridized carbons (Fsp3) is 0.971. The summed E-state index contributed by atoms with van der Waals surface area (Å²) in [5.41, 5.74) is 13.8. The molecule has 0 heterocycles. The van der Waals surface area contributed by atoms with E-state index in [1.54, 1.807) is 0 Å². The first-order valence-corrected chi connectivity index (χ1v) is 18.3. The highest BCUT2D eigenvalue weighted by molar-refractivity contribution is 5.76. The van der Waals surface area contributed by atoms with E-state index in [1.165, 1.54) is 57.8 Å². The van der Waals surface area contributed by atoms with Crippen LogP contribution in [0.3, 0.4) is 0 Å². The SMILES string of the molecule is CC(C)NC(=O)CC[C@@H](C)[C@H]1CCC2C3CCC4C[C@@H](NNCCNCCNCCNCCN)CC[C@]4(C)C3CC[C@@]21C. The lowest BCUT2D eigenvalue weighted by Gasteiger charge is -2.61. The van der Waals surface area contributed by atoms with Gasteiger partial charge in [0.2, 0.25) is 5.91 Å². The van der Waals surface area contributed by atoms with Gasteiger partial charge < -0.3 is 27.0 Å². The number of carbonyl (C=O) groups excluding carboxylic acids is 1. The number of nitrogens with two attached hydrogens (primary N) is 1. The fourth-order valence-corrected chi connectivity index (χ4v) is 10.5. The molecular formula is C35H69N7O. The summed E-state index contributed by atoms with van der Waals surface area (Å²) in [7, 11) is 0. The minimum absolute atomic E-state index is 0.236. The second kappa shape index (κ2) is 16.7. The molecule has 4 saturated carbocycles. The van der Waals surface area contributed by atoms with Crippen LogP contribution in [-0.4, -0.2) is 70.3 Å². The van der Waals surface area contributed by atoms with E-state index in [9.17, 15) is 4.79 Å². The summed E-state index contributed by atoms with van der Waals surface area (Å²) < 4.78 is 0. The third-order valence-electron chi connectivity index (χ3n) is 12.7. The number of carbonyl (C=O) groups is 1. The van der Waals surface area contributed by atoms with E-state index in [0.717, 1.165) is 81.8 Å². The summed E-state index contributed by atoms with van der Waals surface area (Å²) in [5, 5.41) is 13.4. The van der Waals surface area contributed by atoms with Crippen molar-refractivity contribution in [3.8, 4) is 0 Å². The quantitative estimate of drug-likeness (QED) is 0.0943. The lowest BCUT2D eigenvalue weighted by Crippen LogP contribution is -2.56. The van der Waals surface area contributed by atoms with Gasteiger partial charge in [-0.3, -0.25) is 15.6 Å². The van der Waals surface area contributed by atoms with E-state index in [1.807, 2.05) is 0 Å². The van der Waals surface area contributed by atoms with Crippen LogP contribution < -0.4 is 37.9 Å². The molecule has 8 N–H and O–H groups in total. The van der Waals surface area contributed by atoms with Crippen molar-refractivity contribution in [1.29, 1.82) is 0 Å². The number of hydrogen-bond acceptors (Lipinski definition) is 7. The molecule has 4 rings (SSSR count). The van der Waals surface area contributed by atoms with Gasteiger partial charge in [-0.1, -0.05) is 20.8 Å². The Morgan fingerprint density at radius 2 is 1.44 bits per heavy atom. The second-order valence-corrected chi connectivity index (χ2v) is 15.7. The molecule has 43 heavy (non-hydrogen) atoms. The predicted molar refractivity (Wildman–Crippen MR) is 179 cm³/mol. The van der Waals surface area contributed by atoms with Crippen LogP contribution in [0, 0.1) is 46.3 Å². The molecule has 1 amide bonds. The van der Waals surface area contributed by atoms with Crippen molar-refractivity contribution in [2.45, 2.75) is 117 Å². The van der Waals surface area contributed by atoms with Crippen LogP contribution in [0.4, 0.5) is 0 Å². The average molecular weight is 604 g/mol. The molecule has 0 aromatic rings.